The molecule has 0 radical (unpaired) electrons. The van der Waals surface area contributed by atoms with Gasteiger partial charge in [0.25, 0.3) is 0 Å². The van der Waals surface area contributed by atoms with Crippen molar-refractivity contribution in [2.45, 2.75) is 26.7 Å². The fraction of sp³-hybridized carbons (Fsp3) is 0.900. The molecule has 0 aliphatic carbocycles. The molecule has 0 aromatic rings. The van der Waals surface area contributed by atoms with E-state index in [1.165, 1.54) is 0 Å². The Balaban J connectivity index is 2.58. The van der Waals surface area contributed by atoms with E-state index in [2.05, 4.69) is 11.9 Å². The van der Waals surface area contributed by atoms with Gasteiger partial charge >= 0.3 is 0 Å². The molecule has 1 heterocycles. The smallest absolute Gasteiger partial charge is 0.223 e. The zero-order chi connectivity index (χ0) is 10.1. The molecule has 2 N–H and O–H groups in total. The maximum atomic E-state index is 11.2. The van der Waals surface area contributed by atoms with Crippen molar-refractivity contribution in [2.75, 3.05) is 20.1 Å². The number of hydrogen-bond donors (Lipinski definition) is 1. The number of hydrogen-bond acceptors (Lipinski definition) is 2. The summed E-state index contributed by atoms with van der Waals surface area (Å²) in [5.74, 6) is 0.295. The van der Waals surface area contributed by atoms with Gasteiger partial charge in [0, 0.05) is 5.41 Å². The molecule has 0 spiro atoms. The molecule has 0 unspecified atom stereocenters. The number of carbonyl (C=O) groups is 1. The van der Waals surface area contributed by atoms with E-state index >= 15 is 0 Å². The van der Waals surface area contributed by atoms with Gasteiger partial charge in [-0.05, 0) is 38.9 Å². The first-order valence-electron chi connectivity index (χ1n) is 4.93. The Hall–Kier alpha value is -0.570. The van der Waals surface area contributed by atoms with Gasteiger partial charge in [0.15, 0.2) is 0 Å². The van der Waals surface area contributed by atoms with Crippen molar-refractivity contribution in [3.05, 3.63) is 0 Å². The molecule has 3 nitrogen and oxygen atoms in total. The van der Waals surface area contributed by atoms with Crippen LogP contribution < -0.4 is 5.73 Å². The van der Waals surface area contributed by atoms with Crippen LogP contribution in [0.4, 0.5) is 0 Å². The van der Waals surface area contributed by atoms with Crippen LogP contribution >= 0.6 is 0 Å². The summed E-state index contributed by atoms with van der Waals surface area (Å²) in [4.78, 5) is 13.5. The van der Waals surface area contributed by atoms with E-state index in [9.17, 15) is 4.79 Å². The fourth-order valence-electron chi connectivity index (χ4n) is 1.93. The van der Waals surface area contributed by atoms with Crippen LogP contribution in [0.3, 0.4) is 0 Å². The predicted molar refractivity (Wildman–Crippen MR) is 53.2 cm³/mol. The molecule has 0 atom stereocenters. The molecule has 1 saturated heterocycles. The Bertz CT molecular complexity index is 193. The van der Waals surface area contributed by atoms with Crippen LogP contribution in [-0.2, 0) is 4.79 Å². The van der Waals surface area contributed by atoms with Gasteiger partial charge < -0.3 is 10.6 Å². The number of amides is 1. The van der Waals surface area contributed by atoms with Gasteiger partial charge in [0.2, 0.25) is 5.91 Å². The molecular weight excluding hydrogens is 164 g/mol. The van der Waals surface area contributed by atoms with Crippen LogP contribution in [0.15, 0.2) is 0 Å². The van der Waals surface area contributed by atoms with E-state index in [0.29, 0.717) is 5.92 Å². The zero-order valence-electron chi connectivity index (χ0n) is 8.84. The summed E-state index contributed by atoms with van der Waals surface area (Å²) in [6, 6.07) is 0. The van der Waals surface area contributed by atoms with Crippen molar-refractivity contribution in [3.63, 3.8) is 0 Å². The van der Waals surface area contributed by atoms with Gasteiger partial charge in [-0.3, -0.25) is 4.79 Å². The number of carbonyl (C=O) groups excluding carboxylic acids is 1. The van der Waals surface area contributed by atoms with Crippen LogP contribution in [0, 0.1) is 11.3 Å². The maximum absolute atomic E-state index is 11.2. The van der Waals surface area contributed by atoms with Crippen molar-refractivity contribution in [3.8, 4) is 0 Å². The molecule has 3 heteroatoms. The molecular formula is C10H20N2O. The molecule has 0 saturated carbocycles. The van der Waals surface area contributed by atoms with Crippen LogP contribution in [-0.4, -0.2) is 30.9 Å². The average molecular weight is 184 g/mol. The third-order valence-corrected chi connectivity index (χ3v) is 3.37. The van der Waals surface area contributed by atoms with Gasteiger partial charge in [0.05, 0.1) is 0 Å². The van der Waals surface area contributed by atoms with Crippen molar-refractivity contribution >= 4 is 5.91 Å². The van der Waals surface area contributed by atoms with Crippen molar-refractivity contribution in [2.24, 2.45) is 17.1 Å². The lowest BCUT2D eigenvalue weighted by atomic mass is 9.73. The molecule has 1 aliphatic heterocycles. The van der Waals surface area contributed by atoms with E-state index in [-0.39, 0.29) is 11.3 Å². The molecule has 13 heavy (non-hydrogen) atoms. The van der Waals surface area contributed by atoms with Gasteiger partial charge in [0.1, 0.15) is 0 Å². The summed E-state index contributed by atoms with van der Waals surface area (Å²) >= 11 is 0. The maximum Gasteiger partial charge on any atom is 0.223 e. The van der Waals surface area contributed by atoms with Crippen LogP contribution in [0.2, 0.25) is 0 Å². The number of piperidine rings is 1. The summed E-state index contributed by atoms with van der Waals surface area (Å²) in [5, 5.41) is 0. The van der Waals surface area contributed by atoms with E-state index in [0.717, 1.165) is 25.9 Å². The topological polar surface area (TPSA) is 46.3 Å². The molecule has 1 aliphatic rings. The molecule has 0 aromatic carbocycles. The molecule has 1 amide bonds. The highest BCUT2D eigenvalue weighted by Crippen LogP contribution is 2.34. The lowest BCUT2D eigenvalue weighted by Crippen LogP contribution is -2.43. The third kappa shape index (κ3) is 2.21. The minimum Gasteiger partial charge on any atom is -0.369 e. The summed E-state index contributed by atoms with van der Waals surface area (Å²) in [5.41, 5.74) is 5.05. The molecule has 0 bridgehead atoms. The first-order valence-corrected chi connectivity index (χ1v) is 4.93. The van der Waals surface area contributed by atoms with Crippen molar-refractivity contribution in [1.29, 1.82) is 0 Å². The van der Waals surface area contributed by atoms with Crippen LogP contribution in [0.1, 0.15) is 26.7 Å². The van der Waals surface area contributed by atoms with Crippen molar-refractivity contribution in [1.82, 2.24) is 4.90 Å². The molecule has 0 aromatic heterocycles. The van der Waals surface area contributed by atoms with E-state index in [1.807, 2.05) is 13.8 Å². The van der Waals surface area contributed by atoms with Gasteiger partial charge in [-0.15, -0.1) is 0 Å². The zero-order valence-corrected chi connectivity index (χ0v) is 8.84. The van der Waals surface area contributed by atoms with E-state index in [1.54, 1.807) is 0 Å². The summed E-state index contributed by atoms with van der Waals surface area (Å²) in [6.45, 7) is 6.10. The highest BCUT2D eigenvalue weighted by Gasteiger charge is 2.36. The van der Waals surface area contributed by atoms with Crippen LogP contribution in [0.25, 0.3) is 0 Å². The standard InChI is InChI=1S/C10H20N2O/c1-10(2,9(11)13)8-4-6-12(3)7-5-8/h8H,4-7H2,1-3H3,(H2,11,13). The van der Waals surface area contributed by atoms with Gasteiger partial charge in [-0.1, -0.05) is 13.8 Å². The average Bonchev–Trinajstić information content (AvgIpc) is 2.04. The molecule has 1 fully saturated rings. The highest BCUT2D eigenvalue weighted by atomic mass is 16.1. The Morgan fingerprint density at radius 3 is 2.23 bits per heavy atom. The number of nitrogens with zero attached hydrogens (tertiary/aromatic N) is 1. The fourth-order valence-corrected chi connectivity index (χ4v) is 1.93. The monoisotopic (exact) mass is 184 g/mol. The molecule has 76 valence electrons. The van der Waals surface area contributed by atoms with Crippen LogP contribution in [0.5, 0.6) is 0 Å². The first-order chi connectivity index (χ1) is 5.94. The minimum atomic E-state index is -0.332. The number of likely N-dealkylation sites (tertiary alicyclic amines) is 1. The Labute approximate surface area is 80.3 Å². The number of rotatable bonds is 2. The quantitative estimate of drug-likeness (QED) is 0.691. The lowest BCUT2D eigenvalue weighted by Gasteiger charge is -2.37. The summed E-state index contributed by atoms with van der Waals surface area (Å²) in [7, 11) is 2.12. The number of nitrogens with two attached hydrogens (primary N) is 1. The Kier molecular flexibility index (Phi) is 2.96. The van der Waals surface area contributed by atoms with Crippen molar-refractivity contribution < 1.29 is 4.79 Å². The summed E-state index contributed by atoms with van der Waals surface area (Å²) in [6.07, 6.45) is 2.18. The first kappa shape index (κ1) is 10.5. The second-order valence-electron chi connectivity index (χ2n) is 4.66. The Morgan fingerprint density at radius 1 is 1.38 bits per heavy atom. The normalized spacial score (nSPS) is 21.8. The Morgan fingerprint density at radius 2 is 1.85 bits per heavy atom. The lowest BCUT2D eigenvalue weighted by molar-refractivity contribution is -0.129. The van der Waals surface area contributed by atoms with Gasteiger partial charge in [-0.25, -0.2) is 0 Å². The minimum absolute atomic E-state index is 0.165. The van der Waals surface area contributed by atoms with E-state index < -0.39 is 0 Å². The second kappa shape index (κ2) is 3.66. The summed E-state index contributed by atoms with van der Waals surface area (Å²) < 4.78 is 0. The molecule has 1 rings (SSSR count). The SMILES string of the molecule is CN1CCC(C(C)(C)C(N)=O)CC1. The number of primary amides is 1. The third-order valence-electron chi connectivity index (χ3n) is 3.37. The predicted octanol–water partition coefficient (Wildman–Crippen LogP) is 0.840. The highest BCUT2D eigenvalue weighted by molar-refractivity contribution is 5.80. The van der Waals surface area contributed by atoms with Gasteiger partial charge in [-0.2, -0.15) is 0 Å². The largest absolute Gasteiger partial charge is 0.369 e. The van der Waals surface area contributed by atoms with E-state index in [4.69, 9.17) is 5.73 Å². The second-order valence-corrected chi connectivity index (χ2v) is 4.66.